The molecular weight excluding hydrogens is 320 g/mol. The predicted octanol–water partition coefficient (Wildman–Crippen LogP) is 2.56. The fraction of sp³-hybridized carbons (Fsp3) is 0. The van der Waals surface area contributed by atoms with Crippen LogP contribution in [-0.4, -0.2) is 29.6 Å². The summed E-state index contributed by atoms with van der Waals surface area (Å²) in [6.45, 7) is 0. The molecule has 0 atom stereocenters. The van der Waals surface area contributed by atoms with Crippen LogP contribution in [0.2, 0.25) is 0 Å². The molecule has 0 fully saturated rings. The first-order valence-corrected chi connectivity index (χ1v) is 7.98. The zero-order valence-electron chi connectivity index (χ0n) is 11.0. The molecule has 0 saturated heterocycles. The highest BCUT2D eigenvalue weighted by atomic mass is 32.1. The van der Waals surface area contributed by atoms with E-state index in [4.69, 9.17) is 0 Å². The molecule has 1 amide bonds. The van der Waals surface area contributed by atoms with Gasteiger partial charge in [0.2, 0.25) is 5.13 Å². The lowest BCUT2D eigenvalue weighted by molar-refractivity contribution is 0.102. The van der Waals surface area contributed by atoms with E-state index in [2.05, 4.69) is 24.6 Å². The number of aromatic nitrogens is 5. The molecule has 7 nitrogen and oxygen atoms in total. The molecular formula is C13H8N6OS2. The SMILES string of the molecule is O=C(Nc1nc(-c2ccsc2)ns1)c1nccn2ccnc12. The second-order valence-electron chi connectivity index (χ2n) is 4.32. The van der Waals surface area contributed by atoms with E-state index in [1.54, 1.807) is 40.5 Å². The molecule has 0 spiro atoms. The Labute approximate surface area is 132 Å². The maximum atomic E-state index is 12.3. The number of amides is 1. The molecule has 22 heavy (non-hydrogen) atoms. The normalized spacial score (nSPS) is 10.9. The largest absolute Gasteiger partial charge is 0.304 e. The number of hydrogen-bond acceptors (Lipinski definition) is 7. The highest BCUT2D eigenvalue weighted by Crippen LogP contribution is 2.23. The minimum Gasteiger partial charge on any atom is -0.304 e. The average Bonchev–Trinajstić information content (AvgIpc) is 3.27. The van der Waals surface area contributed by atoms with Crippen molar-refractivity contribution in [3.05, 3.63) is 47.3 Å². The second-order valence-corrected chi connectivity index (χ2v) is 5.86. The zero-order chi connectivity index (χ0) is 14.9. The first-order valence-electron chi connectivity index (χ1n) is 6.26. The standard InChI is InChI=1S/C13H8N6OS2/c20-12(9-11-15-3-5-19(11)4-2-14-9)17-13-16-10(18-22-13)8-1-6-21-7-8/h1-7H,(H,16,17,18,20). The molecule has 0 saturated carbocycles. The van der Waals surface area contributed by atoms with E-state index in [1.807, 2.05) is 16.8 Å². The smallest absolute Gasteiger partial charge is 0.279 e. The van der Waals surface area contributed by atoms with E-state index < -0.39 is 0 Å². The molecule has 0 unspecified atom stereocenters. The summed E-state index contributed by atoms with van der Waals surface area (Å²) in [5.74, 6) is 0.248. The van der Waals surface area contributed by atoms with Crippen molar-refractivity contribution in [1.82, 2.24) is 23.7 Å². The first-order chi connectivity index (χ1) is 10.8. The van der Waals surface area contributed by atoms with Gasteiger partial charge in [-0.25, -0.2) is 9.97 Å². The number of carbonyl (C=O) groups is 1. The van der Waals surface area contributed by atoms with Crippen molar-refractivity contribution in [2.24, 2.45) is 0 Å². The van der Waals surface area contributed by atoms with Gasteiger partial charge >= 0.3 is 0 Å². The summed E-state index contributed by atoms with van der Waals surface area (Å²) >= 11 is 2.71. The molecule has 0 radical (unpaired) electrons. The number of thiophene rings is 1. The molecule has 4 rings (SSSR count). The van der Waals surface area contributed by atoms with Crippen LogP contribution >= 0.6 is 22.9 Å². The van der Waals surface area contributed by atoms with Gasteiger partial charge in [-0.15, -0.1) is 0 Å². The van der Waals surface area contributed by atoms with Crippen molar-refractivity contribution >= 4 is 39.6 Å². The molecule has 4 heterocycles. The van der Waals surface area contributed by atoms with Crippen LogP contribution in [0.1, 0.15) is 10.5 Å². The van der Waals surface area contributed by atoms with Gasteiger partial charge in [0.05, 0.1) is 0 Å². The summed E-state index contributed by atoms with van der Waals surface area (Å²) in [7, 11) is 0. The second kappa shape index (κ2) is 5.28. The van der Waals surface area contributed by atoms with E-state index >= 15 is 0 Å². The van der Waals surface area contributed by atoms with Gasteiger partial charge in [0.15, 0.2) is 17.2 Å². The number of anilines is 1. The minimum atomic E-state index is -0.357. The van der Waals surface area contributed by atoms with E-state index in [0.717, 1.165) is 17.1 Å². The van der Waals surface area contributed by atoms with E-state index in [1.165, 1.54) is 0 Å². The molecule has 108 valence electrons. The summed E-state index contributed by atoms with van der Waals surface area (Å²) in [6.07, 6.45) is 6.67. The van der Waals surface area contributed by atoms with Crippen LogP contribution in [-0.2, 0) is 0 Å². The summed E-state index contributed by atoms with van der Waals surface area (Å²) in [6, 6.07) is 1.94. The van der Waals surface area contributed by atoms with Gasteiger partial charge in [0.1, 0.15) is 0 Å². The van der Waals surface area contributed by atoms with Crippen molar-refractivity contribution in [2.45, 2.75) is 0 Å². The van der Waals surface area contributed by atoms with Crippen LogP contribution in [0.3, 0.4) is 0 Å². The molecule has 9 heteroatoms. The highest BCUT2D eigenvalue weighted by molar-refractivity contribution is 7.10. The van der Waals surface area contributed by atoms with Gasteiger partial charge in [-0.3, -0.25) is 10.1 Å². The van der Waals surface area contributed by atoms with Gasteiger partial charge in [-0.05, 0) is 11.4 Å². The van der Waals surface area contributed by atoms with Gasteiger partial charge in [0.25, 0.3) is 5.91 Å². The summed E-state index contributed by atoms with van der Waals surface area (Å²) in [5.41, 5.74) is 1.69. The Balaban J connectivity index is 1.61. The number of hydrogen-bond donors (Lipinski definition) is 1. The first kappa shape index (κ1) is 13.0. The fourth-order valence-corrected chi connectivity index (χ4v) is 3.17. The molecule has 1 N–H and O–H groups in total. The topological polar surface area (TPSA) is 85.1 Å². The lowest BCUT2D eigenvalue weighted by Gasteiger charge is -2.01. The van der Waals surface area contributed by atoms with Crippen molar-refractivity contribution in [1.29, 1.82) is 0 Å². The van der Waals surface area contributed by atoms with E-state index in [0.29, 0.717) is 16.6 Å². The lowest BCUT2D eigenvalue weighted by atomic mass is 10.3. The third-order valence-electron chi connectivity index (χ3n) is 2.95. The highest BCUT2D eigenvalue weighted by Gasteiger charge is 2.16. The summed E-state index contributed by atoms with van der Waals surface area (Å²) in [5, 5.41) is 7.06. The number of rotatable bonds is 3. The van der Waals surface area contributed by atoms with Crippen LogP contribution in [0.5, 0.6) is 0 Å². The van der Waals surface area contributed by atoms with Gasteiger partial charge < -0.3 is 4.40 Å². The maximum Gasteiger partial charge on any atom is 0.279 e. The van der Waals surface area contributed by atoms with Crippen LogP contribution in [0.4, 0.5) is 5.13 Å². The predicted molar refractivity (Wildman–Crippen MR) is 84.2 cm³/mol. The molecule has 0 bridgehead atoms. The molecule has 4 aromatic heterocycles. The third-order valence-corrected chi connectivity index (χ3v) is 4.27. The summed E-state index contributed by atoms with van der Waals surface area (Å²) in [4.78, 5) is 24.9. The van der Waals surface area contributed by atoms with Crippen LogP contribution in [0, 0.1) is 0 Å². The fourth-order valence-electron chi connectivity index (χ4n) is 1.95. The third kappa shape index (κ3) is 2.26. The molecule has 0 aliphatic carbocycles. The quantitative estimate of drug-likeness (QED) is 0.625. The molecule has 0 aliphatic heterocycles. The number of nitrogens with zero attached hydrogens (tertiary/aromatic N) is 5. The maximum absolute atomic E-state index is 12.3. The lowest BCUT2D eigenvalue weighted by Crippen LogP contribution is -2.15. The average molecular weight is 328 g/mol. The van der Waals surface area contributed by atoms with Gasteiger partial charge in [-0.1, -0.05) is 0 Å². The number of imidazole rings is 1. The van der Waals surface area contributed by atoms with Crippen molar-refractivity contribution in [3.8, 4) is 11.4 Å². The van der Waals surface area contributed by atoms with Gasteiger partial charge in [0, 0.05) is 47.3 Å². The van der Waals surface area contributed by atoms with E-state index in [9.17, 15) is 4.79 Å². The zero-order valence-corrected chi connectivity index (χ0v) is 12.6. The Bertz CT molecular complexity index is 942. The minimum absolute atomic E-state index is 0.250. The Hall–Kier alpha value is -2.65. The Morgan fingerprint density at radius 3 is 2.91 bits per heavy atom. The Morgan fingerprint density at radius 1 is 1.23 bits per heavy atom. The number of nitrogens with one attached hydrogen (secondary N) is 1. The van der Waals surface area contributed by atoms with Crippen LogP contribution in [0.25, 0.3) is 17.0 Å². The van der Waals surface area contributed by atoms with Crippen molar-refractivity contribution in [2.75, 3.05) is 5.32 Å². The monoisotopic (exact) mass is 328 g/mol. The van der Waals surface area contributed by atoms with Crippen LogP contribution < -0.4 is 5.32 Å². The Kier molecular flexibility index (Phi) is 3.13. The van der Waals surface area contributed by atoms with Crippen LogP contribution in [0.15, 0.2) is 41.6 Å². The van der Waals surface area contributed by atoms with Crippen molar-refractivity contribution in [3.63, 3.8) is 0 Å². The summed E-state index contributed by atoms with van der Waals surface area (Å²) < 4.78 is 5.97. The Morgan fingerprint density at radius 2 is 2.09 bits per heavy atom. The number of fused-ring (bicyclic) bond motifs is 1. The van der Waals surface area contributed by atoms with Gasteiger partial charge in [-0.2, -0.15) is 20.7 Å². The molecule has 0 aliphatic rings. The molecule has 0 aromatic carbocycles. The number of carbonyl (C=O) groups excluding carboxylic acids is 1. The van der Waals surface area contributed by atoms with E-state index in [-0.39, 0.29) is 11.6 Å². The molecule has 4 aromatic rings. The van der Waals surface area contributed by atoms with Crippen molar-refractivity contribution < 1.29 is 4.79 Å².